The fraction of sp³-hybridized carbons (Fsp3) is 0.385. The number of carbonyl (C=O) groups is 1. The van der Waals surface area contributed by atoms with E-state index < -0.39 is 11.9 Å². The first kappa shape index (κ1) is 12.4. The molecule has 1 aromatic carbocycles. The van der Waals surface area contributed by atoms with Crippen molar-refractivity contribution in [3.63, 3.8) is 0 Å². The monoisotopic (exact) mass is 249 g/mol. The van der Waals surface area contributed by atoms with E-state index >= 15 is 0 Å². The van der Waals surface area contributed by atoms with Gasteiger partial charge in [0.15, 0.2) is 5.58 Å². The summed E-state index contributed by atoms with van der Waals surface area (Å²) in [6.45, 7) is 4.06. The molecule has 0 fully saturated rings. The standard InChI is InChI=1S/C13H15NO4/c1-3-14-10-7-9(6-8(2)12(15)16)4-5-11(10)18-13(14)17/h4-5,7-8H,3,6H2,1-2H3,(H,15,16). The smallest absolute Gasteiger partial charge is 0.419 e. The zero-order chi connectivity index (χ0) is 13.3. The number of rotatable bonds is 4. The fourth-order valence-corrected chi connectivity index (χ4v) is 1.97. The number of aromatic nitrogens is 1. The second-order valence-electron chi connectivity index (χ2n) is 4.36. The molecule has 0 saturated heterocycles. The Bertz CT molecular complexity index is 638. The van der Waals surface area contributed by atoms with Crippen molar-refractivity contribution in [3.8, 4) is 0 Å². The molecule has 0 aliphatic heterocycles. The van der Waals surface area contributed by atoms with Crippen LogP contribution in [0.1, 0.15) is 19.4 Å². The molecule has 1 atom stereocenters. The molecule has 0 bridgehead atoms. The number of carboxylic acid groups (broad SMARTS) is 1. The maximum Gasteiger partial charge on any atom is 0.419 e. The molecule has 0 aliphatic rings. The van der Waals surface area contributed by atoms with E-state index in [1.54, 1.807) is 19.1 Å². The molecule has 0 spiro atoms. The number of nitrogens with zero attached hydrogens (tertiary/aromatic N) is 1. The quantitative estimate of drug-likeness (QED) is 0.897. The number of carboxylic acids is 1. The molecule has 2 rings (SSSR count). The number of hydrogen-bond donors (Lipinski definition) is 1. The minimum Gasteiger partial charge on any atom is -0.481 e. The Labute approximate surface area is 104 Å². The van der Waals surface area contributed by atoms with Crippen molar-refractivity contribution in [2.45, 2.75) is 26.8 Å². The maximum absolute atomic E-state index is 11.5. The maximum atomic E-state index is 11.5. The molecule has 0 aliphatic carbocycles. The summed E-state index contributed by atoms with van der Waals surface area (Å²) in [5.41, 5.74) is 2.14. The summed E-state index contributed by atoms with van der Waals surface area (Å²) in [6.07, 6.45) is 0.439. The van der Waals surface area contributed by atoms with Crippen LogP contribution in [0.5, 0.6) is 0 Å². The van der Waals surface area contributed by atoms with Gasteiger partial charge in [-0.2, -0.15) is 0 Å². The molecule has 1 heterocycles. The van der Waals surface area contributed by atoms with Gasteiger partial charge in [0.25, 0.3) is 0 Å². The molecule has 0 radical (unpaired) electrons. The molecule has 5 nitrogen and oxygen atoms in total. The van der Waals surface area contributed by atoms with Crippen molar-refractivity contribution >= 4 is 17.1 Å². The highest BCUT2D eigenvalue weighted by atomic mass is 16.4. The van der Waals surface area contributed by atoms with Crippen molar-refractivity contribution in [1.82, 2.24) is 4.57 Å². The van der Waals surface area contributed by atoms with Gasteiger partial charge in [-0.05, 0) is 31.0 Å². The third-order valence-electron chi connectivity index (χ3n) is 3.01. The summed E-state index contributed by atoms with van der Waals surface area (Å²) in [4.78, 5) is 22.3. The largest absolute Gasteiger partial charge is 0.481 e. The van der Waals surface area contributed by atoms with Crippen molar-refractivity contribution in [1.29, 1.82) is 0 Å². The molecule has 18 heavy (non-hydrogen) atoms. The highest BCUT2D eigenvalue weighted by molar-refractivity contribution is 5.74. The number of benzene rings is 1. The average Bonchev–Trinajstić information content (AvgIpc) is 2.63. The van der Waals surface area contributed by atoms with E-state index in [0.29, 0.717) is 18.5 Å². The second kappa shape index (κ2) is 4.68. The van der Waals surface area contributed by atoms with E-state index in [9.17, 15) is 9.59 Å². The van der Waals surface area contributed by atoms with Crippen LogP contribution in [-0.2, 0) is 17.8 Å². The van der Waals surface area contributed by atoms with Crippen LogP contribution in [0.3, 0.4) is 0 Å². The summed E-state index contributed by atoms with van der Waals surface area (Å²) in [7, 11) is 0. The van der Waals surface area contributed by atoms with Crippen LogP contribution in [0.25, 0.3) is 11.1 Å². The number of aliphatic carboxylic acids is 1. The van der Waals surface area contributed by atoms with Gasteiger partial charge >= 0.3 is 11.7 Å². The molecule has 0 amide bonds. The molecular weight excluding hydrogens is 234 g/mol. The highest BCUT2D eigenvalue weighted by Crippen LogP contribution is 2.17. The molecule has 1 aromatic heterocycles. The Kier molecular flexibility index (Phi) is 3.23. The van der Waals surface area contributed by atoms with Gasteiger partial charge in [0.05, 0.1) is 11.4 Å². The van der Waals surface area contributed by atoms with Crippen LogP contribution in [0, 0.1) is 5.92 Å². The number of fused-ring (bicyclic) bond motifs is 1. The van der Waals surface area contributed by atoms with Crippen LogP contribution in [0.2, 0.25) is 0 Å². The van der Waals surface area contributed by atoms with Crippen LogP contribution < -0.4 is 5.76 Å². The first-order valence-corrected chi connectivity index (χ1v) is 5.88. The molecule has 1 N–H and O–H groups in total. The van der Waals surface area contributed by atoms with Crippen LogP contribution >= 0.6 is 0 Å². The minimum atomic E-state index is -0.824. The van der Waals surface area contributed by atoms with Crippen LogP contribution in [-0.4, -0.2) is 15.6 Å². The van der Waals surface area contributed by atoms with Gasteiger partial charge in [-0.25, -0.2) is 4.79 Å². The number of aryl methyl sites for hydroxylation is 1. The highest BCUT2D eigenvalue weighted by Gasteiger charge is 2.13. The second-order valence-corrected chi connectivity index (χ2v) is 4.36. The summed E-state index contributed by atoms with van der Waals surface area (Å²) in [5.74, 6) is -1.65. The first-order valence-electron chi connectivity index (χ1n) is 5.88. The van der Waals surface area contributed by atoms with Gasteiger partial charge in [0, 0.05) is 6.54 Å². The van der Waals surface area contributed by atoms with Gasteiger partial charge < -0.3 is 9.52 Å². The predicted octanol–water partition coefficient (Wildman–Crippen LogP) is 1.88. The SMILES string of the molecule is CCn1c(=O)oc2ccc(CC(C)C(=O)O)cc21. The van der Waals surface area contributed by atoms with Crippen LogP contribution in [0.4, 0.5) is 0 Å². The lowest BCUT2D eigenvalue weighted by Gasteiger charge is -2.06. The molecular formula is C13H15NO4. The van der Waals surface area contributed by atoms with E-state index in [0.717, 1.165) is 11.1 Å². The Balaban J connectivity index is 2.43. The molecule has 0 saturated carbocycles. The molecule has 5 heteroatoms. The average molecular weight is 249 g/mol. The Morgan fingerprint density at radius 3 is 2.83 bits per heavy atom. The topological polar surface area (TPSA) is 72.4 Å². The van der Waals surface area contributed by atoms with Gasteiger partial charge in [-0.3, -0.25) is 9.36 Å². The first-order chi connectivity index (χ1) is 8.52. The van der Waals surface area contributed by atoms with Gasteiger partial charge in [-0.15, -0.1) is 0 Å². The predicted molar refractivity (Wildman–Crippen MR) is 66.7 cm³/mol. The summed E-state index contributed by atoms with van der Waals surface area (Å²) in [5, 5.41) is 8.89. The van der Waals surface area contributed by atoms with Crippen molar-refractivity contribution in [2.24, 2.45) is 5.92 Å². The van der Waals surface area contributed by atoms with E-state index in [1.165, 1.54) is 4.57 Å². The van der Waals surface area contributed by atoms with E-state index in [4.69, 9.17) is 9.52 Å². The molecule has 1 unspecified atom stereocenters. The van der Waals surface area contributed by atoms with Gasteiger partial charge in [0.1, 0.15) is 0 Å². The van der Waals surface area contributed by atoms with Crippen molar-refractivity contribution < 1.29 is 14.3 Å². The summed E-state index contributed by atoms with van der Waals surface area (Å²) >= 11 is 0. The Hall–Kier alpha value is -2.04. The lowest BCUT2D eigenvalue weighted by Crippen LogP contribution is -2.13. The summed E-state index contributed by atoms with van der Waals surface area (Å²) in [6, 6.07) is 5.33. The number of oxazole rings is 1. The lowest BCUT2D eigenvalue weighted by atomic mass is 10.0. The minimum absolute atomic E-state index is 0.379. The molecule has 2 aromatic rings. The molecule has 96 valence electrons. The third kappa shape index (κ3) is 2.16. The van der Waals surface area contributed by atoms with Gasteiger partial charge in [-0.1, -0.05) is 13.0 Å². The normalized spacial score (nSPS) is 12.8. The Morgan fingerprint density at radius 1 is 1.50 bits per heavy atom. The Morgan fingerprint density at radius 2 is 2.22 bits per heavy atom. The van der Waals surface area contributed by atoms with Crippen molar-refractivity contribution in [3.05, 3.63) is 34.3 Å². The summed E-state index contributed by atoms with van der Waals surface area (Å²) < 4.78 is 6.62. The third-order valence-corrected chi connectivity index (χ3v) is 3.01. The number of hydrogen-bond acceptors (Lipinski definition) is 3. The van der Waals surface area contributed by atoms with E-state index in [1.807, 2.05) is 13.0 Å². The zero-order valence-corrected chi connectivity index (χ0v) is 10.3. The fourth-order valence-electron chi connectivity index (χ4n) is 1.97. The lowest BCUT2D eigenvalue weighted by molar-refractivity contribution is -0.141. The van der Waals surface area contributed by atoms with Crippen LogP contribution in [0.15, 0.2) is 27.4 Å². The van der Waals surface area contributed by atoms with Crippen molar-refractivity contribution in [2.75, 3.05) is 0 Å². The van der Waals surface area contributed by atoms with Gasteiger partial charge in [0.2, 0.25) is 0 Å². The van der Waals surface area contributed by atoms with E-state index in [-0.39, 0.29) is 5.76 Å². The zero-order valence-electron chi connectivity index (χ0n) is 10.3. The van der Waals surface area contributed by atoms with E-state index in [2.05, 4.69) is 0 Å².